The monoisotopic (exact) mass is 286 g/mol. The van der Waals surface area contributed by atoms with Gasteiger partial charge in [0.15, 0.2) is 0 Å². The average Bonchev–Trinajstić information content (AvgIpc) is 2.76. The summed E-state index contributed by atoms with van der Waals surface area (Å²) in [7, 11) is -2.23. The first-order valence-electron chi connectivity index (χ1n) is 5.06. The van der Waals surface area contributed by atoms with Crippen LogP contribution in [0.1, 0.15) is 5.82 Å². The van der Waals surface area contributed by atoms with Crippen LogP contribution in [0.15, 0.2) is 35.5 Å². The van der Waals surface area contributed by atoms with Crippen molar-refractivity contribution in [1.29, 1.82) is 0 Å². The molecule has 7 heteroatoms. The lowest BCUT2D eigenvalue weighted by Crippen LogP contribution is -2.13. The molecule has 0 saturated heterocycles. The van der Waals surface area contributed by atoms with Crippen molar-refractivity contribution in [2.45, 2.75) is 11.8 Å². The van der Waals surface area contributed by atoms with E-state index in [2.05, 4.69) is 4.98 Å². The van der Waals surface area contributed by atoms with E-state index in [0.717, 1.165) is 3.97 Å². The number of imidazole rings is 1. The summed E-state index contributed by atoms with van der Waals surface area (Å²) in [6, 6.07) is 4.30. The fourth-order valence-corrected chi connectivity index (χ4v) is 3.06. The van der Waals surface area contributed by atoms with Crippen molar-refractivity contribution in [2.75, 3.05) is 7.11 Å². The zero-order chi connectivity index (χ0) is 13.3. The number of benzene rings is 1. The maximum absolute atomic E-state index is 12.3. The van der Waals surface area contributed by atoms with Gasteiger partial charge in [-0.15, -0.1) is 0 Å². The zero-order valence-electron chi connectivity index (χ0n) is 9.79. The van der Waals surface area contributed by atoms with Gasteiger partial charge in [-0.1, -0.05) is 11.6 Å². The molecule has 2 aromatic rings. The van der Waals surface area contributed by atoms with Gasteiger partial charge in [0.2, 0.25) is 0 Å². The molecule has 1 aromatic carbocycles. The number of rotatable bonds is 3. The number of methoxy groups -OCH3 is 1. The van der Waals surface area contributed by atoms with Gasteiger partial charge in [-0.2, -0.15) is 0 Å². The van der Waals surface area contributed by atoms with Crippen LogP contribution in [0.4, 0.5) is 0 Å². The zero-order valence-corrected chi connectivity index (χ0v) is 11.4. The van der Waals surface area contributed by atoms with E-state index >= 15 is 0 Å². The lowest BCUT2D eigenvalue weighted by atomic mass is 10.3. The first-order valence-corrected chi connectivity index (χ1v) is 6.87. The lowest BCUT2D eigenvalue weighted by Gasteiger charge is -2.09. The lowest BCUT2D eigenvalue weighted by molar-refractivity contribution is 0.413. The summed E-state index contributed by atoms with van der Waals surface area (Å²) in [6.07, 6.45) is 2.83. The summed E-state index contributed by atoms with van der Waals surface area (Å²) >= 11 is 5.86. The van der Waals surface area contributed by atoms with Gasteiger partial charge in [-0.25, -0.2) is 17.4 Å². The van der Waals surface area contributed by atoms with Gasteiger partial charge in [0.1, 0.15) is 11.6 Å². The Morgan fingerprint density at radius 2 is 2.11 bits per heavy atom. The van der Waals surface area contributed by atoms with Crippen molar-refractivity contribution in [1.82, 2.24) is 8.96 Å². The van der Waals surface area contributed by atoms with Crippen molar-refractivity contribution < 1.29 is 13.2 Å². The Labute approximate surface area is 110 Å². The highest BCUT2D eigenvalue weighted by Gasteiger charge is 2.19. The second-order valence-corrected chi connectivity index (χ2v) is 5.79. The number of nitrogens with zero attached hydrogens (tertiary/aromatic N) is 2. The van der Waals surface area contributed by atoms with Crippen LogP contribution in [0.3, 0.4) is 0 Å². The summed E-state index contributed by atoms with van der Waals surface area (Å²) < 4.78 is 30.8. The van der Waals surface area contributed by atoms with Gasteiger partial charge in [0, 0.05) is 18.5 Å². The molecule has 0 aliphatic heterocycles. The third-order valence-corrected chi connectivity index (χ3v) is 4.53. The highest BCUT2D eigenvalue weighted by atomic mass is 35.5. The van der Waals surface area contributed by atoms with Crippen LogP contribution in [0.5, 0.6) is 5.75 Å². The van der Waals surface area contributed by atoms with Gasteiger partial charge in [0.05, 0.1) is 17.0 Å². The molecule has 0 spiro atoms. The molecule has 0 aliphatic rings. The van der Waals surface area contributed by atoms with Crippen molar-refractivity contribution in [3.63, 3.8) is 0 Å². The summed E-state index contributed by atoms with van der Waals surface area (Å²) in [4.78, 5) is 4.00. The first-order chi connectivity index (χ1) is 8.46. The number of aryl methyl sites for hydroxylation is 1. The van der Waals surface area contributed by atoms with E-state index in [1.165, 1.54) is 37.7 Å². The Morgan fingerprint density at radius 1 is 1.39 bits per heavy atom. The van der Waals surface area contributed by atoms with Crippen LogP contribution in [-0.4, -0.2) is 24.5 Å². The van der Waals surface area contributed by atoms with Gasteiger partial charge in [-0.3, -0.25) is 0 Å². The topological polar surface area (TPSA) is 61.2 Å². The molecule has 18 heavy (non-hydrogen) atoms. The summed E-state index contributed by atoms with van der Waals surface area (Å²) in [5.41, 5.74) is 0. The van der Waals surface area contributed by atoms with Gasteiger partial charge < -0.3 is 4.74 Å². The number of halogens is 1. The minimum absolute atomic E-state index is 0.102. The molecule has 0 fully saturated rings. The fraction of sp³-hybridized carbons (Fsp3) is 0.182. The SMILES string of the molecule is COc1cc(S(=O)(=O)n2ccnc2C)ccc1Cl. The Hall–Kier alpha value is -1.53. The third-order valence-electron chi connectivity index (χ3n) is 2.46. The second-order valence-electron chi connectivity index (χ2n) is 3.57. The quantitative estimate of drug-likeness (QED) is 0.867. The maximum Gasteiger partial charge on any atom is 0.269 e. The van der Waals surface area contributed by atoms with E-state index in [-0.39, 0.29) is 4.90 Å². The van der Waals surface area contributed by atoms with E-state index < -0.39 is 10.0 Å². The predicted octanol–water partition coefficient (Wildman–Crippen LogP) is 2.09. The van der Waals surface area contributed by atoms with Crippen LogP contribution in [0, 0.1) is 6.92 Å². The van der Waals surface area contributed by atoms with Crippen LogP contribution in [0.2, 0.25) is 5.02 Å². The molecule has 0 radical (unpaired) electrons. The Bertz CT molecular complexity index is 679. The van der Waals surface area contributed by atoms with E-state index in [4.69, 9.17) is 16.3 Å². The minimum atomic E-state index is -3.66. The number of ether oxygens (including phenoxy) is 1. The van der Waals surface area contributed by atoms with E-state index in [1.807, 2.05) is 0 Å². The van der Waals surface area contributed by atoms with Crippen LogP contribution in [0.25, 0.3) is 0 Å². The molecule has 0 N–H and O–H groups in total. The standard InChI is InChI=1S/C11H11ClN2O3S/c1-8-13-5-6-14(8)18(15,16)9-3-4-10(12)11(7-9)17-2/h3-7H,1-2H3. The largest absolute Gasteiger partial charge is 0.495 e. The van der Waals surface area contributed by atoms with Crippen LogP contribution in [-0.2, 0) is 10.0 Å². The average molecular weight is 287 g/mol. The second kappa shape index (κ2) is 4.62. The molecule has 0 unspecified atom stereocenters. The van der Waals surface area contributed by atoms with E-state index in [1.54, 1.807) is 6.92 Å². The molecule has 0 bridgehead atoms. The van der Waals surface area contributed by atoms with Crippen molar-refractivity contribution in [3.8, 4) is 5.75 Å². The van der Waals surface area contributed by atoms with Crippen molar-refractivity contribution in [2.24, 2.45) is 0 Å². The number of aromatic nitrogens is 2. The van der Waals surface area contributed by atoms with Crippen molar-refractivity contribution in [3.05, 3.63) is 41.4 Å². The van der Waals surface area contributed by atoms with E-state index in [0.29, 0.717) is 16.6 Å². The van der Waals surface area contributed by atoms with Crippen LogP contribution >= 0.6 is 11.6 Å². The molecule has 1 heterocycles. The van der Waals surface area contributed by atoms with E-state index in [9.17, 15) is 8.42 Å². The maximum atomic E-state index is 12.3. The number of hydrogen-bond acceptors (Lipinski definition) is 4. The summed E-state index contributed by atoms with van der Waals surface area (Å²) in [5, 5.41) is 0.360. The molecule has 0 saturated carbocycles. The molecule has 2 rings (SSSR count). The van der Waals surface area contributed by atoms with Crippen molar-refractivity contribution >= 4 is 21.6 Å². The van der Waals surface area contributed by atoms with Gasteiger partial charge in [0.25, 0.3) is 10.0 Å². The normalized spacial score (nSPS) is 11.5. The molecule has 96 valence electrons. The molecule has 0 amide bonds. The minimum Gasteiger partial charge on any atom is -0.495 e. The molecular formula is C11H11ClN2O3S. The third kappa shape index (κ3) is 2.09. The van der Waals surface area contributed by atoms with Crippen LogP contribution < -0.4 is 4.74 Å². The highest BCUT2D eigenvalue weighted by molar-refractivity contribution is 7.90. The molecular weight excluding hydrogens is 276 g/mol. The highest BCUT2D eigenvalue weighted by Crippen LogP contribution is 2.28. The number of hydrogen-bond donors (Lipinski definition) is 0. The summed E-state index contributed by atoms with van der Waals surface area (Å²) in [5.74, 6) is 0.708. The fourth-order valence-electron chi connectivity index (χ4n) is 1.53. The Balaban J connectivity index is 2.59. The smallest absolute Gasteiger partial charge is 0.269 e. The molecule has 0 atom stereocenters. The Morgan fingerprint density at radius 3 is 2.67 bits per heavy atom. The predicted molar refractivity (Wildman–Crippen MR) is 67.6 cm³/mol. The molecule has 0 aliphatic carbocycles. The molecule has 1 aromatic heterocycles. The first kappa shape index (κ1) is 12.9. The van der Waals surface area contributed by atoms with Gasteiger partial charge in [-0.05, 0) is 19.1 Å². The molecule has 5 nitrogen and oxygen atoms in total. The Kier molecular flexibility index (Phi) is 3.32. The summed E-state index contributed by atoms with van der Waals surface area (Å²) in [6.45, 7) is 1.62. The van der Waals surface area contributed by atoms with Gasteiger partial charge >= 0.3 is 0 Å².